The smallest absolute Gasteiger partial charge is 0.226 e. The average molecular weight is 1830 g/mol. The summed E-state index contributed by atoms with van der Waals surface area (Å²) in [7, 11) is 0. The van der Waals surface area contributed by atoms with Crippen molar-refractivity contribution in [1.82, 2.24) is 40.4 Å². The van der Waals surface area contributed by atoms with E-state index in [9.17, 15) is 62.3 Å². The van der Waals surface area contributed by atoms with Crippen LogP contribution in [0.1, 0.15) is 150 Å². The molecule has 0 radical (unpaired) electrons. The monoisotopic (exact) mass is 1830 g/mol. The molecule has 32 heteroatoms. The Bertz CT molecular complexity index is 3290. The summed E-state index contributed by atoms with van der Waals surface area (Å²) in [6.45, 7) is 30.9. The Balaban J connectivity index is 0.000000692. The third kappa shape index (κ3) is 42.2. The van der Waals surface area contributed by atoms with Gasteiger partial charge in [0, 0.05) is 108 Å². The first-order valence-corrected chi connectivity index (χ1v) is 46.3. The minimum atomic E-state index is -0.194. The average Bonchev–Trinajstić information content (AvgIpc) is 1.74. The predicted molar refractivity (Wildman–Crippen MR) is 509 cm³/mol. The van der Waals surface area contributed by atoms with Crippen LogP contribution in [0.3, 0.4) is 0 Å². The third-order valence-electron chi connectivity index (χ3n) is 20.7. The first-order chi connectivity index (χ1) is 57.3. The molecule has 0 spiro atoms. The molecule has 121 heavy (non-hydrogen) atoms. The summed E-state index contributed by atoms with van der Waals surface area (Å²) in [5, 5.41) is 34.6. The second-order valence-corrected chi connectivity index (χ2v) is 33.9. The van der Waals surface area contributed by atoms with Crippen LogP contribution in [0, 0.1) is 47.3 Å². The number of Topliss-reactive ketones (excluding diaryl/α,β-unsaturated/α-hetero) is 5. The number of nitrogens with zero attached hydrogens (tertiary/aromatic N) is 5. The van der Waals surface area contributed by atoms with E-state index in [4.69, 9.17) is 15.3 Å². The molecule has 8 rings (SSSR count). The number of carbonyl (C=O) groups is 13. The van der Waals surface area contributed by atoms with Gasteiger partial charge in [0.2, 0.25) is 47.3 Å². The number of amides is 8. The van der Waals surface area contributed by atoms with Gasteiger partial charge in [-0.1, -0.05) is 145 Å². The first kappa shape index (κ1) is 112. The number of aliphatic hydroxyl groups excluding tert-OH is 3. The lowest BCUT2D eigenvalue weighted by Crippen LogP contribution is -2.42. The number of hydrogen-bond acceptors (Lipinski definition) is 24. The van der Waals surface area contributed by atoms with Crippen LogP contribution in [-0.4, -0.2) is 245 Å². The van der Waals surface area contributed by atoms with Gasteiger partial charge in [0.25, 0.3) is 0 Å². The van der Waals surface area contributed by atoms with Crippen molar-refractivity contribution in [2.45, 2.75) is 183 Å². The lowest BCUT2D eigenvalue weighted by molar-refractivity contribution is -0.139. The molecule has 3 aromatic rings. The number of aliphatic hydroxyl groups is 3. The van der Waals surface area contributed by atoms with Crippen LogP contribution in [0.5, 0.6) is 0 Å². The van der Waals surface area contributed by atoms with Gasteiger partial charge in [0.1, 0.15) is 17.3 Å². The summed E-state index contributed by atoms with van der Waals surface area (Å²) >= 11 is 33.0. The molecule has 5 aliphatic heterocycles. The van der Waals surface area contributed by atoms with E-state index in [0.717, 1.165) is 114 Å². The molecule has 3 unspecified atom stereocenters. The van der Waals surface area contributed by atoms with E-state index in [2.05, 4.69) is 137 Å². The van der Waals surface area contributed by atoms with Crippen molar-refractivity contribution < 1.29 is 77.6 Å². The van der Waals surface area contributed by atoms with E-state index in [1.807, 2.05) is 126 Å². The molecule has 0 saturated carbocycles. The summed E-state index contributed by atoms with van der Waals surface area (Å²) in [5.74, 6) is 3.47. The number of ketones is 5. The van der Waals surface area contributed by atoms with Crippen molar-refractivity contribution >= 4 is 177 Å². The van der Waals surface area contributed by atoms with Gasteiger partial charge in [-0.25, -0.2) is 0 Å². The Morgan fingerprint density at radius 2 is 0.479 bits per heavy atom. The van der Waals surface area contributed by atoms with Crippen LogP contribution >= 0.6 is 101 Å². The quantitative estimate of drug-likeness (QED) is 0.0199. The van der Waals surface area contributed by atoms with Gasteiger partial charge in [-0.15, -0.1) is 0 Å². The van der Waals surface area contributed by atoms with E-state index in [0.29, 0.717) is 65.3 Å². The normalized spacial score (nSPS) is 18.7. The minimum Gasteiger partial charge on any atom is -0.511 e. The van der Waals surface area contributed by atoms with Gasteiger partial charge in [-0.2, -0.15) is 101 Å². The zero-order chi connectivity index (χ0) is 91.6. The number of rotatable bonds is 33. The van der Waals surface area contributed by atoms with Crippen LogP contribution in [0.25, 0.3) is 0 Å². The fourth-order valence-corrected chi connectivity index (χ4v) is 15.2. The number of nitrogens with one attached hydrogen (secondary N) is 3. The zero-order valence-electron chi connectivity index (χ0n) is 72.3. The molecule has 5 fully saturated rings. The molecule has 0 aromatic heterocycles. The molecule has 3 aromatic carbocycles. The molecule has 13 atom stereocenters. The molecular weight excluding hydrogens is 1690 g/mol. The second-order valence-electron chi connectivity index (χ2n) is 31.0. The molecule has 6 N–H and O–H groups in total. The van der Waals surface area contributed by atoms with Gasteiger partial charge in [-0.05, 0) is 135 Å². The molecule has 5 saturated heterocycles. The van der Waals surface area contributed by atoms with Crippen molar-refractivity contribution in [3.8, 4) is 0 Å². The Morgan fingerprint density at radius 3 is 0.612 bits per heavy atom. The van der Waals surface area contributed by atoms with E-state index in [1.165, 1.54) is 0 Å². The second kappa shape index (κ2) is 62.3. The zero-order valence-corrected chi connectivity index (χ0v) is 79.4. The van der Waals surface area contributed by atoms with Crippen molar-refractivity contribution in [1.29, 1.82) is 0 Å². The number of benzene rings is 3. The van der Waals surface area contributed by atoms with Crippen LogP contribution in [-0.2, 0) is 81.6 Å². The van der Waals surface area contributed by atoms with Crippen LogP contribution in [0.4, 0.5) is 0 Å². The largest absolute Gasteiger partial charge is 0.511 e. The van der Waals surface area contributed by atoms with Crippen LogP contribution in [0.2, 0.25) is 0 Å². The highest BCUT2D eigenvalue weighted by Gasteiger charge is 2.38. The molecule has 676 valence electrons. The molecule has 24 nitrogen and oxygen atoms in total. The van der Waals surface area contributed by atoms with E-state index in [-0.39, 0.29) is 191 Å². The van der Waals surface area contributed by atoms with E-state index < -0.39 is 0 Å². The van der Waals surface area contributed by atoms with Crippen LogP contribution < -0.4 is 16.0 Å². The maximum Gasteiger partial charge on any atom is 0.226 e. The minimum absolute atomic E-state index is 0.0454. The number of likely N-dealkylation sites (tertiary alicyclic amines) is 5. The summed E-state index contributed by atoms with van der Waals surface area (Å²) in [6, 6.07) is 28.5. The molecule has 0 bridgehead atoms. The number of thiol groups is 8. The lowest BCUT2D eigenvalue weighted by Gasteiger charge is -2.25. The Hall–Kier alpha value is -6.81. The van der Waals surface area contributed by atoms with E-state index >= 15 is 0 Å². The van der Waals surface area contributed by atoms with Gasteiger partial charge in [0.05, 0.1) is 67.6 Å². The Labute approximate surface area is 763 Å². The molecule has 8 amide bonds. The maximum atomic E-state index is 11.8. The van der Waals surface area contributed by atoms with Crippen LogP contribution in [0.15, 0.2) is 128 Å². The van der Waals surface area contributed by atoms with Gasteiger partial charge in [-0.3, -0.25) is 62.3 Å². The van der Waals surface area contributed by atoms with Crippen molar-refractivity contribution in [3.63, 3.8) is 0 Å². The lowest BCUT2D eigenvalue weighted by atomic mass is 10.0. The summed E-state index contributed by atoms with van der Waals surface area (Å²) in [4.78, 5) is 159. The number of hydrogen-bond donors (Lipinski definition) is 14. The van der Waals surface area contributed by atoms with Gasteiger partial charge >= 0.3 is 0 Å². The molecule has 0 aliphatic carbocycles. The Morgan fingerprint density at radius 1 is 0.314 bits per heavy atom. The topological polar surface area (TPSA) is 335 Å². The summed E-state index contributed by atoms with van der Waals surface area (Å²) < 4.78 is 0. The standard InChI is InChI=1S/3C13H17NO2S.5C10H17NO2S/c3*1-10(15)8-14-13(16)12(9-17)7-11-5-3-2-4-6-11;5*1-7(6-14)10(13)11-5-3-4-9(11)8(2)12/h3*2-6,12,15,17H,1,7-9H2,(H,14,16);5*7,9,14H,3-6H2,1-2H3/t2*12-;;2*7-,9+;2*7-,9-;/m10.1010./s1. The number of carbonyl (C=O) groups excluding carboxylic acids is 13. The highest BCUT2D eigenvalue weighted by atomic mass is 32.1. The first-order valence-electron chi connectivity index (χ1n) is 41.2. The molecule has 5 aliphatic rings. The highest BCUT2D eigenvalue weighted by molar-refractivity contribution is 7.81. The summed E-state index contributed by atoms with van der Waals surface area (Å²) in [6.07, 6.45) is 10.7. The van der Waals surface area contributed by atoms with Gasteiger partial charge in [0.15, 0.2) is 28.9 Å². The predicted octanol–water partition coefficient (Wildman–Crippen LogP) is 11.6. The molecular formula is C89H136N8O16S8. The van der Waals surface area contributed by atoms with Crippen molar-refractivity contribution in [2.24, 2.45) is 47.3 Å². The fraction of sp³-hybridized carbons (Fsp3) is 0.584. The highest BCUT2D eigenvalue weighted by Crippen LogP contribution is 2.26. The van der Waals surface area contributed by atoms with Gasteiger partial charge < -0.3 is 55.8 Å². The van der Waals surface area contributed by atoms with E-state index in [1.54, 1.807) is 59.1 Å². The molecule has 5 heterocycles. The Kier molecular flexibility index (Phi) is 57.8. The SMILES string of the molecule is C=C(O)CNC(=O)C(CS)Cc1ccccc1.C=C(O)CNC(=O)[C@@H](CS)Cc1ccccc1.C=C(O)CNC(=O)[C@H](CS)Cc1ccccc1.CC(=O)C1CCCN1C(=O)C(C)CS.CC(=O)[C@@H]1CCCN1C(=O)[C@@H](C)CS.CC(=O)[C@@H]1CCCN1C(=O)[C@H](C)CS.CC(=O)[C@H]1CCCN1C(=O)[C@@H](C)CS.CC(=O)[C@H]1CCCN1C(=O)[C@H](C)CS. The maximum absolute atomic E-state index is 11.8. The summed E-state index contributed by atoms with van der Waals surface area (Å²) in [5.41, 5.74) is 3.30. The third-order valence-corrected chi connectivity index (χ3v) is 24.7. The fourth-order valence-electron chi connectivity index (χ4n) is 13.5. The van der Waals surface area contributed by atoms with Crippen molar-refractivity contribution in [3.05, 3.63) is 145 Å². The van der Waals surface area contributed by atoms with Crippen molar-refractivity contribution in [2.75, 3.05) is 98.4 Å².